The van der Waals surface area contributed by atoms with E-state index in [9.17, 15) is 9.59 Å². The highest BCUT2D eigenvalue weighted by molar-refractivity contribution is 7.80. The molecule has 0 radical (unpaired) electrons. The summed E-state index contributed by atoms with van der Waals surface area (Å²) in [7, 11) is 0. The van der Waals surface area contributed by atoms with Crippen molar-refractivity contribution in [2.45, 2.75) is 4.90 Å². The van der Waals surface area contributed by atoms with Crippen molar-refractivity contribution in [2.75, 3.05) is 32.8 Å². The summed E-state index contributed by atoms with van der Waals surface area (Å²) >= 11 is 4.30. The highest BCUT2D eigenvalue weighted by Crippen LogP contribution is 2.16. The fourth-order valence-electron chi connectivity index (χ4n) is 2.14. The minimum Gasteiger partial charge on any atom is -0.445 e. The van der Waals surface area contributed by atoms with Crippen molar-refractivity contribution in [3.8, 4) is 0 Å². The Balaban J connectivity index is 1.92. The van der Waals surface area contributed by atoms with Crippen LogP contribution in [-0.4, -0.2) is 54.6 Å². The fourth-order valence-corrected chi connectivity index (χ4v) is 2.39. The van der Waals surface area contributed by atoms with E-state index < -0.39 is 0 Å². The number of carbonyl (C=O) groups is 2. The fraction of sp³-hybridized carbons (Fsp3) is 0.333. The molecule has 1 aliphatic heterocycles. The summed E-state index contributed by atoms with van der Waals surface area (Å²) in [6.07, 6.45) is 1.16. The third-order valence-corrected chi connectivity index (χ3v) is 3.67. The molecule has 0 aliphatic carbocycles. The molecule has 1 heterocycles. The minimum absolute atomic E-state index is 0.0558. The maximum absolute atomic E-state index is 12.4. The highest BCUT2D eigenvalue weighted by atomic mass is 32.1. The monoisotopic (exact) mass is 306 g/mol. The number of benzene rings is 1. The van der Waals surface area contributed by atoms with E-state index in [0.29, 0.717) is 36.6 Å². The molecule has 1 fully saturated rings. The molecule has 1 aromatic carbocycles. The maximum Gasteiger partial charge on any atom is 0.410 e. The number of amides is 2. The van der Waals surface area contributed by atoms with Gasteiger partial charge in [-0.3, -0.25) is 4.79 Å². The van der Waals surface area contributed by atoms with Crippen LogP contribution < -0.4 is 0 Å². The summed E-state index contributed by atoms with van der Waals surface area (Å²) in [5.74, 6) is -0.0558. The first-order valence-corrected chi connectivity index (χ1v) is 7.18. The molecule has 1 aliphatic rings. The molecular weight excluding hydrogens is 288 g/mol. The molecule has 0 aromatic heterocycles. The van der Waals surface area contributed by atoms with Gasteiger partial charge in [0.05, 0.1) is 5.56 Å². The molecule has 1 aromatic rings. The molecule has 1 saturated heterocycles. The van der Waals surface area contributed by atoms with E-state index in [1.165, 1.54) is 6.08 Å². The molecule has 112 valence electrons. The van der Waals surface area contributed by atoms with Crippen LogP contribution in [-0.2, 0) is 4.74 Å². The summed E-state index contributed by atoms with van der Waals surface area (Å²) in [5, 5.41) is 0. The van der Waals surface area contributed by atoms with Gasteiger partial charge in [0.1, 0.15) is 6.61 Å². The van der Waals surface area contributed by atoms with Crippen LogP contribution in [0.4, 0.5) is 4.79 Å². The third kappa shape index (κ3) is 3.78. The lowest BCUT2D eigenvalue weighted by Gasteiger charge is -2.34. The van der Waals surface area contributed by atoms with E-state index in [1.54, 1.807) is 21.9 Å². The van der Waals surface area contributed by atoms with Gasteiger partial charge in [0.2, 0.25) is 0 Å². The largest absolute Gasteiger partial charge is 0.445 e. The first kappa shape index (κ1) is 15.4. The zero-order valence-electron chi connectivity index (χ0n) is 11.7. The first-order valence-electron chi connectivity index (χ1n) is 6.73. The van der Waals surface area contributed by atoms with Gasteiger partial charge in [-0.2, -0.15) is 0 Å². The molecule has 0 bridgehead atoms. The van der Waals surface area contributed by atoms with Crippen molar-refractivity contribution >= 4 is 24.6 Å². The van der Waals surface area contributed by atoms with Crippen LogP contribution in [0, 0.1) is 0 Å². The molecule has 5 nitrogen and oxygen atoms in total. The van der Waals surface area contributed by atoms with Crippen LogP contribution in [0.5, 0.6) is 0 Å². The number of nitrogens with zero attached hydrogens (tertiary/aromatic N) is 2. The Morgan fingerprint density at radius 3 is 2.43 bits per heavy atom. The lowest BCUT2D eigenvalue weighted by Crippen LogP contribution is -2.50. The van der Waals surface area contributed by atoms with E-state index in [0.717, 1.165) is 0 Å². The third-order valence-electron chi connectivity index (χ3n) is 3.28. The van der Waals surface area contributed by atoms with Crippen molar-refractivity contribution < 1.29 is 14.3 Å². The number of rotatable bonds is 3. The van der Waals surface area contributed by atoms with Gasteiger partial charge in [-0.05, 0) is 12.1 Å². The van der Waals surface area contributed by atoms with E-state index in [2.05, 4.69) is 19.2 Å². The van der Waals surface area contributed by atoms with Crippen LogP contribution in [0.25, 0.3) is 0 Å². The second-order valence-electron chi connectivity index (χ2n) is 4.66. The molecule has 0 spiro atoms. The summed E-state index contributed by atoms with van der Waals surface area (Å²) in [5.41, 5.74) is 0.587. The normalized spacial score (nSPS) is 14.7. The SMILES string of the molecule is C=CCOC(=O)N1CCN(C(=O)c2ccccc2S)CC1. The molecular formula is C15H18N2O3S. The average molecular weight is 306 g/mol. The van der Waals surface area contributed by atoms with Gasteiger partial charge in [0.25, 0.3) is 5.91 Å². The van der Waals surface area contributed by atoms with E-state index in [1.807, 2.05) is 12.1 Å². The van der Waals surface area contributed by atoms with Crippen molar-refractivity contribution in [1.82, 2.24) is 9.80 Å². The maximum atomic E-state index is 12.4. The minimum atomic E-state index is -0.364. The van der Waals surface area contributed by atoms with Crippen LogP contribution >= 0.6 is 12.6 Å². The van der Waals surface area contributed by atoms with Crippen LogP contribution in [0.3, 0.4) is 0 Å². The Kier molecular flexibility index (Phi) is 5.27. The Morgan fingerprint density at radius 2 is 1.81 bits per heavy atom. The Bertz CT molecular complexity index is 539. The van der Waals surface area contributed by atoms with Gasteiger partial charge in [0.15, 0.2) is 0 Å². The predicted octanol–water partition coefficient (Wildman–Crippen LogP) is 2.06. The number of piperazine rings is 1. The highest BCUT2D eigenvalue weighted by Gasteiger charge is 2.26. The Labute approximate surface area is 129 Å². The van der Waals surface area contributed by atoms with E-state index in [-0.39, 0.29) is 18.6 Å². The predicted molar refractivity (Wildman–Crippen MR) is 82.7 cm³/mol. The summed E-state index contributed by atoms with van der Waals surface area (Å²) in [4.78, 5) is 28.1. The quantitative estimate of drug-likeness (QED) is 0.687. The van der Waals surface area contributed by atoms with Crippen molar-refractivity contribution in [2.24, 2.45) is 0 Å². The molecule has 6 heteroatoms. The summed E-state index contributed by atoms with van der Waals surface area (Å²) in [6.45, 7) is 5.62. The van der Waals surface area contributed by atoms with Crippen LogP contribution in [0.2, 0.25) is 0 Å². The van der Waals surface area contributed by atoms with Crippen LogP contribution in [0.1, 0.15) is 10.4 Å². The second-order valence-corrected chi connectivity index (χ2v) is 5.14. The molecule has 0 saturated carbocycles. The zero-order valence-corrected chi connectivity index (χ0v) is 12.6. The zero-order chi connectivity index (χ0) is 15.2. The molecule has 0 atom stereocenters. The molecule has 0 unspecified atom stereocenters. The number of hydrogen-bond acceptors (Lipinski definition) is 4. The van der Waals surface area contributed by atoms with Crippen molar-refractivity contribution in [3.05, 3.63) is 42.5 Å². The number of thiol groups is 1. The smallest absolute Gasteiger partial charge is 0.410 e. The van der Waals surface area contributed by atoms with Crippen LogP contribution in [0.15, 0.2) is 41.8 Å². The van der Waals surface area contributed by atoms with Crippen molar-refractivity contribution in [1.29, 1.82) is 0 Å². The first-order chi connectivity index (χ1) is 10.1. The van der Waals surface area contributed by atoms with Crippen molar-refractivity contribution in [3.63, 3.8) is 0 Å². The van der Waals surface area contributed by atoms with Gasteiger partial charge < -0.3 is 14.5 Å². The molecule has 2 amide bonds. The topological polar surface area (TPSA) is 49.9 Å². The number of carbonyl (C=O) groups excluding carboxylic acids is 2. The summed E-state index contributed by atoms with van der Waals surface area (Å²) < 4.78 is 4.98. The molecule has 0 N–H and O–H groups in total. The van der Waals surface area contributed by atoms with Gasteiger partial charge in [-0.15, -0.1) is 12.6 Å². The molecule has 2 rings (SSSR count). The second kappa shape index (κ2) is 7.17. The molecule has 21 heavy (non-hydrogen) atoms. The number of hydrogen-bond donors (Lipinski definition) is 1. The Morgan fingerprint density at radius 1 is 1.19 bits per heavy atom. The van der Waals surface area contributed by atoms with E-state index in [4.69, 9.17) is 4.74 Å². The van der Waals surface area contributed by atoms with Gasteiger partial charge in [0, 0.05) is 31.1 Å². The standard InChI is InChI=1S/C15H18N2O3S/c1-2-11-20-15(19)17-9-7-16(8-10-17)14(18)12-5-3-4-6-13(12)21/h2-6,21H,1,7-11H2. The number of ether oxygens (including phenoxy) is 1. The van der Waals surface area contributed by atoms with E-state index >= 15 is 0 Å². The van der Waals surface area contributed by atoms with Gasteiger partial charge >= 0.3 is 6.09 Å². The van der Waals surface area contributed by atoms with Gasteiger partial charge in [-0.1, -0.05) is 24.8 Å². The Hall–Kier alpha value is -1.95. The van der Waals surface area contributed by atoms with Gasteiger partial charge in [-0.25, -0.2) is 4.79 Å². The average Bonchev–Trinajstić information content (AvgIpc) is 2.52. The summed E-state index contributed by atoms with van der Waals surface area (Å²) in [6, 6.07) is 7.21. The lowest BCUT2D eigenvalue weighted by molar-refractivity contribution is 0.0578. The lowest BCUT2D eigenvalue weighted by atomic mass is 10.2.